The Balaban J connectivity index is 1.84. The summed E-state index contributed by atoms with van der Waals surface area (Å²) in [7, 11) is 5.98. The first kappa shape index (κ1) is 15.8. The number of nitrogens with zero attached hydrogens (tertiary/aromatic N) is 5. The fraction of sp³-hybridized carbons (Fsp3) is 0.733. The molecular weight excluding hydrogens is 264 g/mol. The summed E-state index contributed by atoms with van der Waals surface area (Å²) in [6, 6.07) is 0. The summed E-state index contributed by atoms with van der Waals surface area (Å²) in [5, 5.41) is 7.74. The second-order valence-corrected chi connectivity index (χ2v) is 5.75. The molecule has 2 rings (SSSR count). The lowest BCUT2D eigenvalue weighted by Crippen LogP contribution is -2.42. The summed E-state index contributed by atoms with van der Waals surface area (Å²) < 4.78 is 1.88. The van der Waals surface area contributed by atoms with Crippen LogP contribution in [0.2, 0.25) is 0 Å². The van der Waals surface area contributed by atoms with E-state index in [9.17, 15) is 0 Å². The quantitative estimate of drug-likeness (QED) is 0.642. The molecule has 6 heteroatoms. The highest BCUT2D eigenvalue weighted by atomic mass is 15.3. The maximum atomic E-state index is 4.42. The van der Waals surface area contributed by atoms with Gasteiger partial charge in [0, 0.05) is 52.4 Å². The van der Waals surface area contributed by atoms with Gasteiger partial charge in [0.1, 0.15) is 0 Å². The fourth-order valence-corrected chi connectivity index (χ4v) is 2.72. The van der Waals surface area contributed by atoms with Crippen molar-refractivity contribution in [2.45, 2.75) is 19.3 Å². The molecule has 0 spiro atoms. The number of hydrogen-bond donors (Lipinski definition) is 1. The second kappa shape index (κ2) is 7.45. The van der Waals surface area contributed by atoms with Gasteiger partial charge in [0.05, 0.1) is 6.20 Å². The third-order valence-electron chi connectivity index (χ3n) is 4.21. The maximum absolute atomic E-state index is 4.42. The van der Waals surface area contributed by atoms with Crippen LogP contribution in [0.1, 0.15) is 24.8 Å². The first-order valence-corrected chi connectivity index (χ1v) is 7.76. The number of rotatable bonds is 5. The maximum Gasteiger partial charge on any atom is 0.193 e. The lowest BCUT2D eigenvalue weighted by atomic mass is 10.0. The molecule has 1 N–H and O–H groups in total. The van der Waals surface area contributed by atoms with Crippen LogP contribution < -0.4 is 5.32 Å². The lowest BCUT2D eigenvalue weighted by molar-refractivity contribution is 0.354. The molecule has 118 valence electrons. The zero-order chi connectivity index (χ0) is 15.2. The molecular formula is C15H28N6. The van der Waals surface area contributed by atoms with E-state index < -0.39 is 0 Å². The molecule has 21 heavy (non-hydrogen) atoms. The van der Waals surface area contributed by atoms with E-state index in [4.69, 9.17) is 0 Å². The fourth-order valence-electron chi connectivity index (χ4n) is 2.72. The third-order valence-corrected chi connectivity index (χ3v) is 4.21. The van der Waals surface area contributed by atoms with E-state index in [0.29, 0.717) is 5.92 Å². The van der Waals surface area contributed by atoms with Crippen molar-refractivity contribution in [2.24, 2.45) is 12.0 Å². The smallest absolute Gasteiger partial charge is 0.193 e. The Kier molecular flexibility index (Phi) is 5.61. The topological polar surface area (TPSA) is 48.7 Å². The molecule has 0 aromatic carbocycles. The molecule has 2 heterocycles. The summed E-state index contributed by atoms with van der Waals surface area (Å²) in [5.74, 6) is 1.58. The second-order valence-electron chi connectivity index (χ2n) is 5.75. The summed E-state index contributed by atoms with van der Waals surface area (Å²) in [4.78, 5) is 9.06. The van der Waals surface area contributed by atoms with Crippen molar-refractivity contribution >= 4 is 5.96 Å². The monoisotopic (exact) mass is 292 g/mol. The molecule has 1 aromatic rings. The van der Waals surface area contributed by atoms with Gasteiger partial charge < -0.3 is 15.1 Å². The Morgan fingerprint density at radius 3 is 3.00 bits per heavy atom. The standard InChI is InChI=1S/C15H28N6/c1-5-19(3)9-7-17-15(16-2)21-8-6-13(12-21)14-10-18-20(4)11-14/h10-11,13H,5-9,12H2,1-4H3,(H,16,17). The minimum absolute atomic E-state index is 0.565. The van der Waals surface area contributed by atoms with Gasteiger partial charge in [-0.1, -0.05) is 6.92 Å². The van der Waals surface area contributed by atoms with Crippen molar-refractivity contribution in [3.8, 4) is 0 Å². The van der Waals surface area contributed by atoms with Gasteiger partial charge in [-0.15, -0.1) is 0 Å². The van der Waals surface area contributed by atoms with Crippen LogP contribution in [0.3, 0.4) is 0 Å². The normalized spacial score (nSPS) is 19.6. The average Bonchev–Trinajstić information content (AvgIpc) is 3.12. The van der Waals surface area contributed by atoms with Crippen LogP contribution in [0.25, 0.3) is 0 Å². The van der Waals surface area contributed by atoms with E-state index in [1.54, 1.807) is 0 Å². The minimum atomic E-state index is 0.565. The highest BCUT2D eigenvalue weighted by Gasteiger charge is 2.26. The zero-order valence-electron chi connectivity index (χ0n) is 13.7. The number of hydrogen-bond acceptors (Lipinski definition) is 3. The molecule has 1 saturated heterocycles. The highest BCUT2D eigenvalue weighted by Crippen LogP contribution is 2.26. The van der Waals surface area contributed by atoms with Crippen LogP contribution >= 0.6 is 0 Å². The predicted octanol–water partition coefficient (Wildman–Crippen LogP) is 0.737. The summed E-state index contributed by atoms with van der Waals surface area (Å²) in [6.45, 7) is 7.30. The number of nitrogens with one attached hydrogen (secondary N) is 1. The van der Waals surface area contributed by atoms with Gasteiger partial charge in [-0.05, 0) is 25.6 Å². The van der Waals surface area contributed by atoms with Crippen LogP contribution in [0.15, 0.2) is 17.4 Å². The van der Waals surface area contributed by atoms with Crippen LogP contribution in [0, 0.1) is 0 Å². The molecule has 0 bridgehead atoms. The summed E-state index contributed by atoms with van der Waals surface area (Å²) >= 11 is 0. The van der Waals surface area contributed by atoms with Gasteiger partial charge in [0.2, 0.25) is 0 Å². The first-order valence-electron chi connectivity index (χ1n) is 7.76. The molecule has 1 atom stereocenters. The summed E-state index contributed by atoms with van der Waals surface area (Å²) in [6.07, 6.45) is 5.28. The van der Waals surface area contributed by atoms with E-state index in [1.807, 2.05) is 25.0 Å². The zero-order valence-corrected chi connectivity index (χ0v) is 13.7. The van der Waals surface area contributed by atoms with Gasteiger partial charge in [0.25, 0.3) is 0 Å². The Hall–Kier alpha value is -1.56. The molecule has 1 aliphatic heterocycles. The highest BCUT2D eigenvalue weighted by molar-refractivity contribution is 5.80. The van der Waals surface area contributed by atoms with E-state index in [2.05, 4.69) is 45.4 Å². The largest absolute Gasteiger partial charge is 0.355 e. The molecule has 6 nitrogen and oxygen atoms in total. The van der Waals surface area contributed by atoms with E-state index >= 15 is 0 Å². The van der Waals surface area contributed by atoms with E-state index in [1.165, 1.54) is 12.0 Å². The average molecular weight is 292 g/mol. The predicted molar refractivity (Wildman–Crippen MR) is 86.7 cm³/mol. The van der Waals surface area contributed by atoms with Crippen molar-refractivity contribution in [3.63, 3.8) is 0 Å². The Bertz CT molecular complexity index is 466. The third kappa shape index (κ3) is 4.20. The molecule has 0 amide bonds. The van der Waals surface area contributed by atoms with E-state index in [-0.39, 0.29) is 0 Å². The number of likely N-dealkylation sites (tertiary alicyclic amines) is 1. The van der Waals surface area contributed by atoms with Gasteiger partial charge in [-0.2, -0.15) is 5.10 Å². The number of likely N-dealkylation sites (N-methyl/N-ethyl adjacent to an activating group) is 1. The van der Waals surface area contributed by atoms with E-state index in [0.717, 1.165) is 38.7 Å². The molecule has 0 aliphatic carbocycles. The SMILES string of the molecule is CCN(C)CCNC(=NC)N1CCC(c2cnn(C)c2)C1. The molecule has 1 aromatic heterocycles. The van der Waals surface area contributed by atoms with Crippen molar-refractivity contribution in [1.82, 2.24) is 24.9 Å². The Morgan fingerprint density at radius 2 is 2.38 bits per heavy atom. The number of guanidine groups is 1. The van der Waals surface area contributed by atoms with Crippen molar-refractivity contribution in [3.05, 3.63) is 18.0 Å². The van der Waals surface area contributed by atoms with Gasteiger partial charge >= 0.3 is 0 Å². The lowest BCUT2D eigenvalue weighted by Gasteiger charge is -2.23. The molecule has 1 aliphatic rings. The molecule has 0 saturated carbocycles. The molecule has 1 unspecified atom stereocenters. The first-order chi connectivity index (χ1) is 10.1. The van der Waals surface area contributed by atoms with Crippen LogP contribution in [-0.2, 0) is 7.05 Å². The van der Waals surface area contributed by atoms with Gasteiger partial charge in [0.15, 0.2) is 5.96 Å². The minimum Gasteiger partial charge on any atom is -0.355 e. The number of aromatic nitrogens is 2. The van der Waals surface area contributed by atoms with Gasteiger partial charge in [-0.25, -0.2) is 0 Å². The van der Waals surface area contributed by atoms with Crippen molar-refractivity contribution in [2.75, 3.05) is 46.8 Å². The number of aliphatic imine (C=N–C) groups is 1. The Morgan fingerprint density at radius 1 is 1.57 bits per heavy atom. The molecule has 0 radical (unpaired) electrons. The van der Waals surface area contributed by atoms with Crippen LogP contribution in [0.5, 0.6) is 0 Å². The summed E-state index contributed by atoms with van der Waals surface area (Å²) in [5.41, 5.74) is 1.33. The van der Waals surface area contributed by atoms with Crippen LogP contribution in [-0.4, -0.2) is 72.4 Å². The van der Waals surface area contributed by atoms with Crippen molar-refractivity contribution in [1.29, 1.82) is 0 Å². The van der Waals surface area contributed by atoms with Crippen molar-refractivity contribution < 1.29 is 0 Å². The van der Waals surface area contributed by atoms with Gasteiger partial charge in [-0.3, -0.25) is 9.67 Å². The Labute approximate surface area is 127 Å². The molecule has 1 fully saturated rings. The van der Waals surface area contributed by atoms with Crippen LogP contribution in [0.4, 0.5) is 0 Å². The number of aryl methyl sites for hydroxylation is 1.